The van der Waals surface area contributed by atoms with Crippen LogP contribution in [0.1, 0.15) is 11.1 Å². The van der Waals surface area contributed by atoms with Crippen molar-refractivity contribution in [2.75, 3.05) is 0 Å². The molecule has 0 fully saturated rings. The van der Waals surface area contributed by atoms with E-state index in [4.69, 9.17) is 0 Å². The molecule has 0 aliphatic heterocycles. The van der Waals surface area contributed by atoms with Crippen LogP contribution in [0.4, 0.5) is 0 Å². The van der Waals surface area contributed by atoms with Gasteiger partial charge in [-0.05, 0) is 47.6 Å². The number of nitrogens with one attached hydrogen (secondary N) is 1. The lowest BCUT2D eigenvalue weighted by Gasteiger charge is -2.02. The van der Waals surface area contributed by atoms with Crippen LogP contribution in [-0.4, -0.2) is 22.2 Å². The fraction of sp³-hybridized carbons (Fsp3) is 0.125. The third-order valence-electron chi connectivity index (χ3n) is 3.53. The molecule has 0 spiro atoms. The van der Waals surface area contributed by atoms with Gasteiger partial charge in [0.05, 0.1) is 0 Å². The molecule has 3 N–H and O–H groups in total. The second-order valence-corrected chi connectivity index (χ2v) is 5.01. The normalized spacial score (nSPS) is 10.9. The van der Waals surface area contributed by atoms with Crippen LogP contribution in [0.15, 0.2) is 54.6 Å². The van der Waals surface area contributed by atoms with Gasteiger partial charge in [-0.25, -0.2) is 0 Å². The van der Waals surface area contributed by atoms with Gasteiger partial charge < -0.3 is 15.0 Å². The van der Waals surface area contributed by atoms with Gasteiger partial charge in [0.1, 0.15) is 0 Å². The van der Waals surface area contributed by atoms with Crippen molar-refractivity contribution in [1.82, 2.24) is 4.98 Å². The molecule has 0 unspecified atom stereocenters. The molecule has 100 valence electrons. The van der Waals surface area contributed by atoms with Crippen LogP contribution in [0, 0.1) is 0 Å². The van der Waals surface area contributed by atoms with Gasteiger partial charge in [0.15, 0.2) is 0 Å². The minimum Gasteiger partial charge on any atom is -0.422 e. The highest BCUT2D eigenvalue weighted by molar-refractivity contribution is 6.58. The van der Waals surface area contributed by atoms with Gasteiger partial charge >= 0.3 is 7.12 Å². The summed E-state index contributed by atoms with van der Waals surface area (Å²) in [6, 6.07) is 18.4. The molecule has 0 radical (unpaired) electrons. The lowest BCUT2D eigenvalue weighted by molar-refractivity contribution is 0.424. The van der Waals surface area contributed by atoms with Crippen molar-refractivity contribution in [2.45, 2.75) is 12.8 Å². The lowest BCUT2D eigenvalue weighted by atomic mass is 9.86. The van der Waals surface area contributed by atoms with Gasteiger partial charge in [-0.3, -0.25) is 0 Å². The van der Waals surface area contributed by atoms with E-state index >= 15 is 0 Å². The van der Waals surface area contributed by atoms with Crippen LogP contribution in [0.3, 0.4) is 0 Å². The molecule has 0 aliphatic rings. The number of rotatable bonds is 4. The Kier molecular flexibility index (Phi) is 3.59. The molecule has 0 aliphatic carbocycles. The van der Waals surface area contributed by atoms with Gasteiger partial charge in [-0.15, -0.1) is 0 Å². The Morgan fingerprint density at radius 2 is 1.60 bits per heavy atom. The first-order valence-electron chi connectivity index (χ1n) is 6.74. The fourth-order valence-corrected chi connectivity index (χ4v) is 2.43. The van der Waals surface area contributed by atoms with E-state index in [1.807, 2.05) is 12.1 Å². The van der Waals surface area contributed by atoms with E-state index in [0.29, 0.717) is 5.59 Å². The van der Waals surface area contributed by atoms with Gasteiger partial charge in [0.2, 0.25) is 0 Å². The largest absolute Gasteiger partial charge is 0.505 e. The first-order valence-corrected chi connectivity index (χ1v) is 6.74. The van der Waals surface area contributed by atoms with Crippen molar-refractivity contribution in [2.24, 2.45) is 0 Å². The van der Waals surface area contributed by atoms with Crippen LogP contribution < -0.4 is 5.59 Å². The Bertz CT molecular complexity index is 707. The molecule has 0 saturated carbocycles. The molecule has 3 nitrogen and oxygen atoms in total. The predicted molar refractivity (Wildman–Crippen MR) is 82.0 cm³/mol. The number of fused-ring (bicyclic) bond motifs is 1. The summed E-state index contributed by atoms with van der Waals surface area (Å²) >= 11 is 0. The topological polar surface area (TPSA) is 56.2 Å². The number of aromatic nitrogens is 1. The zero-order valence-electron chi connectivity index (χ0n) is 11.1. The quantitative estimate of drug-likeness (QED) is 0.628. The Labute approximate surface area is 118 Å². The highest BCUT2D eigenvalue weighted by Crippen LogP contribution is 2.15. The molecule has 1 heterocycles. The zero-order chi connectivity index (χ0) is 13.9. The zero-order valence-corrected chi connectivity index (χ0v) is 11.1. The van der Waals surface area contributed by atoms with Crippen molar-refractivity contribution in [3.8, 4) is 0 Å². The predicted octanol–water partition coefficient (Wildman–Crippen LogP) is 1.63. The van der Waals surface area contributed by atoms with Crippen LogP contribution in [-0.2, 0) is 12.8 Å². The second-order valence-electron chi connectivity index (χ2n) is 5.01. The molecule has 0 amide bonds. The fourth-order valence-electron chi connectivity index (χ4n) is 2.43. The minimum absolute atomic E-state index is 0.431. The molecule has 0 atom stereocenters. The average Bonchev–Trinajstić information content (AvgIpc) is 2.89. The highest BCUT2D eigenvalue weighted by atomic mass is 16.4. The smallest absolute Gasteiger partial charge is 0.422 e. The van der Waals surface area contributed by atoms with E-state index in [2.05, 4.69) is 41.4 Å². The molecule has 3 aromatic rings. The first-order chi connectivity index (χ1) is 9.72. The summed E-state index contributed by atoms with van der Waals surface area (Å²) in [5, 5.41) is 19.4. The maximum absolute atomic E-state index is 9.17. The number of aromatic amines is 1. The summed E-state index contributed by atoms with van der Waals surface area (Å²) < 4.78 is 0. The maximum atomic E-state index is 9.17. The summed E-state index contributed by atoms with van der Waals surface area (Å²) in [4.78, 5) is 3.00. The molecule has 0 saturated heterocycles. The Hall–Kier alpha value is -2.04. The van der Waals surface area contributed by atoms with Gasteiger partial charge in [0.25, 0.3) is 0 Å². The summed E-state index contributed by atoms with van der Waals surface area (Å²) in [5.41, 5.74) is 3.93. The molecule has 1 aromatic heterocycles. The van der Waals surface area contributed by atoms with Crippen molar-refractivity contribution in [1.29, 1.82) is 0 Å². The number of H-pyrrole nitrogens is 1. The van der Waals surface area contributed by atoms with Crippen molar-refractivity contribution >= 4 is 23.6 Å². The number of benzene rings is 2. The number of hydrogen-bond acceptors (Lipinski definition) is 2. The molecule has 0 bridgehead atoms. The standard InChI is InChI=1S/C16H16BNO2/c19-17(20)16-11-14-10-13(8-9-15(14)18-16)7-6-12-4-2-1-3-5-12/h1-5,8-11,18-20H,6-7H2. The molecule has 20 heavy (non-hydrogen) atoms. The Morgan fingerprint density at radius 1 is 0.850 bits per heavy atom. The third-order valence-corrected chi connectivity index (χ3v) is 3.53. The van der Waals surface area contributed by atoms with Gasteiger partial charge in [-0.2, -0.15) is 0 Å². The molecule has 2 aromatic carbocycles. The maximum Gasteiger partial charge on any atom is 0.505 e. The number of aryl methyl sites for hydroxylation is 2. The highest BCUT2D eigenvalue weighted by Gasteiger charge is 2.13. The molecular weight excluding hydrogens is 249 g/mol. The van der Waals surface area contributed by atoms with E-state index in [1.165, 1.54) is 11.1 Å². The molecule has 3 rings (SSSR count). The van der Waals surface area contributed by atoms with E-state index in [1.54, 1.807) is 6.07 Å². The first kappa shape index (κ1) is 13.0. The SMILES string of the molecule is OB(O)c1cc2cc(CCc3ccccc3)ccc2[nH]1. The van der Waals surface area contributed by atoms with E-state index in [0.717, 1.165) is 23.7 Å². The summed E-state index contributed by atoms with van der Waals surface area (Å²) in [6.07, 6.45) is 1.98. The Morgan fingerprint density at radius 3 is 2.35 bits per heavy atom. The van der Waals surface area contributed by atoms with Crippen molar-refractivity contribution < 1.29 is 10.0 Å². The average molecular weight is 265 g/mol. The summed E-state index contributed by atoms with van der Waals surface area (Å²) in [6.45, 7) is 0. The van der Waals surface area contributed by atoms with Crippen LogP contribution in [0.2, 0.25) is 0 Å². The summed E-state index contributed by atoms with van der Waals surface area (Å²) in [7, 11) is -1.45. The van der Waals surface area contributed by atoms with E-state index in [9.17, 15) is 10.0 Å². The van der Waals surface area contributed by atoms with Crippen LogP contribution in [0.25, 0.3) is 10.9 Å². The van der Waals surface area contributed by atoms with E-state index in [-0.39, 0.29) is 0 Å². The van der Waals surface area contributed by atoms with Crippen molar-refractivity contribution in [3.05, 3.63) is 65.7 Å². The number of hydrogen-bond donors (Lipinski definition) is 3. The monoisotopic (exact) mass is 265 g/mol. The van der Waals surface area contributed by atoms with Crippen molar-refractivity contribution in [3.63, 3.8) is 0 Å². The lowest BCUT2D eigenvalue weighted by Crippen LogP contribution is -2.30. The van der Waals surface area contributed by atoms with Crippen LogP contribution >= 0.6 is 0 Å². The third kappa shape index (κ3) is 2.76. The second kappa shape index (κ2) is 5.53. The van der Waals surface area contributed by atoms with Crippen LogP contribution in [0.5, 0.6) is 0 Å². The van der Waals surface area contributed by atoms with Gasteiger partial charge in [-0.1, -0.05) is 36.4 Å². The van der Waals surface area contributed by atoms with Gasteiger partial charge in [0, 0.05) is 11.1 Å². The minimum atomic E-state index is -1.45. The summed E-state index contributed by atoms with van der Waals surface area (Å²) in [5.74, 6) is 0. The molecular formula is C16H16BNO2. The molecule has 4 heteroatoms. The Balaban J connectivity index is 1.78. The van der Waals surface area contributed by atoms with E-state index < -0.39 is 7.12 Å².